The van der Waals surface area contributed by atoms with Gasteiger partial charge in [-0.2, -0.15) is 0 Å². The molecule has 0 saturated heterocycles. The van der Waals surface area contributed by atoms with Gasteiger partial charge >= 0.3 is 5.97 Å². The van der Waals surface area contributed by atoms with Crippen molar-refractivity contribution in [3.8, 4) is 17.0 Å². The van der Waals surface area contributed by atoms with Gasteiger partial charge in [0.1, 0.15) is 11.4 Å². The lowest BCUT2D eigenvalue weighted by Gasteiger charge is -2.10. The van der Waals surface area contributed by atoms with Gasteiger partial charge in [0.2, 0.25) is 5.91 Å². The summed E-state index contributed by atoms with van der Waals surface area (Å²) >= 11 is 0. The minimum absolute atomic E-state index is 0.0858. The second kappa shape index (κ2) is 10.8. The summed E-state index contributed by atoms with van der Waals surface area (Å²) in [6, 6.07) is 7.02. The molecule has 2 aromatic carbocycles. The number of fused-ring (bicyclic) bond motifs is 1. The van der Waals surface area contributed by atoms with Crippen LogP contribution in [-0.4, -0.2) is 49.6 Å². The lowest BCUT2D eigenvalue weighted by atomic mass is 10.1. The Bertz CT molecular complexity index is 1460. The summed E-state index contributed by atoms with van der Waals surface area (Å²) in [5.74, 6) is -2.77. The maximum absolute atomic E-state index is 15.4. The summed E-state index contributed by atoms with van der Waals surface area (Å²) in [5, 5.41) is 20.1. The number of nitrogens with one attached hydrogen (secondary N) is 1. The van der Waals surface area contributed by atoms with E-state index in [1.165, 1.54) is 35.7 Å². The number of methoxy groups -OCH3 is 1. The second-order valence-corrected chi connectivity index (χ2v) is 7.42. The number of aromatic nitrogens is 4. The number of hydrogen-bond acceptors (Lipinski definition) is 6. The SMILES string of the molecule is CC.CCn1cc(-c2cc(C(=O)O)cc(NC(=O)c3cn(C(C)=O)c4ccc(OC)cc34)c2F)nn1. The Labute approximate surface area is 206 Å². The van der Waals surface area contributed by atoms with E-state index < -0.39 is 17.7 Å². The number of halogens is 1. The third kappa shape index (κ3) is 4.95. The lowest BCUT2D eigenvalue weighted by Crippen LogP contribution is -2.14. The summed E-state index contributed by atoms with van der Waals surface area (Å²) in [5.41, 5.74) is -0.0421. The second-order valence-electron chi connectivity index (χ2n) is 7.42. The molecule has 2 N–H and O–H groups in total. The molecule has 0 aliphatic heterocycles. The van der Waals surface area contributed by atoms with Crippen molar-refractivity contribution in [3.63, 3.8) is 0 Å². The van der Waals surface area contributed by atoms with Crippen LogP contribution >= 0.6 is 0 Å². The van der Waals surface area contributed by atoms with Gasteiger partial charge in [-0.25, -0.2) is 9.18 Å². The van der Waals surface area contributed by atoms with Gasteiger partial charge in [0.15, 0.2) is 5.82 Å². The standard InChI is InChI=1S/C23H20FN5O5.C2H6/c1-4-28-11-19(26-27-28)16-7-13(23(32)33)8-18(21(16)24)25-22(31)17-10-29(12(2)30)20-6-5-14(34-3)9-15(17)20;1-2/h5-11H,4H2,1-3H3,(H,25,31)(H,32,33);1-2H3. The van der Waals surface area contributed by atoms with Gasteiger partial charge in [-0.3, -0.25) is 18.8 Å². The molecule has 0 spiro atoms. The molecule has 0 aliphatic rings. The van der Waals surface area contributed by atoms with Crippen molar-refractivity contribution in [2.24, 2.45) is 0 Å². The molecule has 0 unspecified atom stereocenters. The Kier molecular flexibility index (Phi) is 7.83. The fourth-order valence-electron chi connectivity index (χ4n) is 3.57. The summed E-state index contributed by atoms with van der Waals surface area (Å²) in [6.07, 6.45) is 2.82. The zero-order valence-corrected chi connectivity index (χ0v) is 20.5. The number of hydrogen-bond donors (Lipinski definition) is 2. The number of aryl methyl sites for hydroxylation is 1. The molecule has 36 heavy (non-hydrogen) atoms. The van der Waals surface area contributed by atoms with Gasteiger partial charge in [0, 0.05) is 30.6 Å². The predicted octanol–water partition coefficient (Wildman–Crippen LogP) is 4.70. The normalized spacial score (nSPS) is 10.5. The average Bonchev–Trinajstić information content (AvgIpc) is 3.51. The minimum atomic E-state index is -1.31. The fraction of sp³-hybridized carbons (Fsp3) is 0.240. The molecule has 11 heteroatoms. The van der Waals surface area contributed by atoms with E-state index in [4.69, 9.17) is 4.74 Å². The molecule has 0 saturated carbocycles. The van der Waals surface area contributed by atoms with E-state index in [1.807, 2.05) is 20.8 Å². The molecule has 4 aromatic rings. The number of aromatic carboxylic acids is 1. The third-order valence-electron chi connectivity index (χ3n) is 5.30. The van der Waals surface area contributed by atoms with Crippen molar-refractivity contribution < 1.29 is 28.6 Å². The summed E-state index contributed by atoms with van der Waals surface area (Å²) in [4.78, 5) is 36.9. The van der Waals surface area contributed by atoms with Crippen LogP contribution in [0.2, 0.25) is 0 Å². The number of benzene rings is 2. The number of carbonyl (C=O) groups excluding carboxylic acids is 2. The Hall–Kier alpha value is -4.54. The number of carbonyl (C=O) groups is 3. The number of anilines is 1. The molecule has 188 valence electrons. The fourth-order valence-corrected chi connectivity index (χ4v) is 3.57. The Morgan fingerprint density at radius 1 is 1.14 bits per heavy atom. The Balaban J connectivity index is 0.00000176. The van der Waals surface area contributed by atoms with Crippen molar-refractivity contribution in [2.75, 3.05) is 12.4 Å². The van der Waals surface area contributed by atoms with Gasteiger partial charge in [-0.05, 0) is 37.3 Å². The zero-order valence-electron chi connectivity index (χ0n) is 20.5. The van der Waals surface area contributed by atoms with Crippen LogP contribution in [0.3, 0.4) is 0 Å². The van der Waals surface area contributed by atoms with Gasteiger partial charge < -0.3 is 15.2 Å². The highest BCUT2D eigenvalue weighted by atomic mass is 19.1. The summed E-state index contributed by atoms with van der Waals surface area (Å²) in [7, 11) is 1.46. The molecule has 0 bridgehead atoms. The third-order valence-corrected chi connectivity index (χ3v) is 5.30. The molecule has 0 radical (unpaired) electrons. The van der Waals surface area contributed by atoms with Gasteiger partial charge in [0.25, 0.3) is 5.91 Å². The first-order chi connectivity index (χ1) is 17.2. The number of amides is 1. The van der Waals surface area contributed by atoms with E-state index in [9.17, 15) is 19.5 Å². The van der Waals surface area contributed by atoms with Crippen LogP contribution in [0.15, 0.2) is 42.7 Å². The molecular formula is C25H26FN5O5. The van der Waals surface area contributed by atoms with Crippen molar-refractivity contribution in [1.82, 2.24) is 19.6 Å². The molecular weight excluding hydrogens is 469 g/mol. The van der Waals surface area contributed by atoms with Crippen LogP contribution < -0.4 is 10.1 Å². The largest absolute Gasteiger partial charge is 0.497 e. The number of carboxylic acid groups (broad SMARTS) is 1. The van der Waals surface area contributed by atoms with E-state index in [0.717, 1.165) is 12.1 Å². The van der Waals surface area contributed by atoms with Crippen LogP contribution in [0.5, 0.6) is 5.75 Å². The van der Waals surface area contributed by atoms with E-state index in [1.54, 1.807) is 18.2 Å². The number of nitrogens with zero attached hydrogens (tertiary/aromatic N) is 4. The van der Waals surface area contributed by atoms with Crippen molar-refractivity contribution >= 4 is 34.4 Å². The lowest BCUT2D eigenvalue weighted by molar-refractivity contribution is 0.0696. The maximum atomic E-state index is 15.4. The molecule has 2 aromatic heterocycles. The van der Waals surface area contributed by atoms with E-state index in [2.05, 4.69) is 15.6 Å². The first kappa shape index (κ1) is 26.1. The highest BCUT2D eigenvalue weighted by molar-refractivity contribution is 6.15. The predicted molar refractivity (Wildman–Crippen MR) is 132 cm³/mol. The maximum Gasteiger partial charge on any atom is 0.335 e. The van der Waals surface area contributed by atoms with Crippen LogP contribution in [0, 0.1) is 5.82 Å². The van der Waals surface area contributed by atoms with Gasteiger partial charge in [-0.1, -0.05) is 19.1 Å². The van der Waals surface area contributed by atoms with Crippen LogP contribution in [0.4, 0.5) is 10.1 Å². The average molecular weight is 496 g/mol. The molecule has 0 fully saturated rings. The quantitative estimate of drug-likeness (QED) is 0.397. The number of carboxylic acids is 1. The summed E-state index contributed by atoms with van der Waals surface area (Å²) in [6.45, 7) is 7.65. The molecule has 2 heterocycles. The topological polar surface area (TPSA) is 128 Å². The van der Waals surface area contributed by atoms with E-state index >= 15 is 4.39 Å². The Morgan fingerprint density at radius 3 is 2.44 bits per heavy atom. The highest BCUT2D eigenvalue weighted by Crippen LogP contribution is 2.31. The molecule has 0 atom stereocenters. The smallest absolute Gasteiger partial charge is 0.335 e. The molecule has 10 nitrogen and oxygen atoms in total. The van der Waals surface area contributed by atoms with Crippen LogP contribution in [-0.2, 0) is 6.54 Å². The van der Waals surface area contributed by atoms with E-state index in [0.29, 0.717) is 23.2 Å². The minimum Gasteiger partial charge on any atom is -0.497 e. The number of ether oxygens (including phenoxy) is 1. The monoisotopic (exact) mass is 495 g/mol. The van der Waals surface area contributed by atoms with E-state index in [-0.39, 0.29) is 34.0 Å². The van der Waals surface area contributed by atoms with Gasteiger partial charge in [-0.15, -0.1) is 5.10 Å². The zero-order chi connectivity index (χ0) is 26.6. The van der Waals surface area contributed by atoms with Crippen molar-refractivity contribution in [1.29, 1.82) is 0 Å². The van der Waals surface area contributed by atoms with Gasteiger partial charge in [0.05, 0.1) is 35.6 Å². The molecule has 4 rings (SSSR count). The van der Waals surface area contributed by atoms with Crippen molar-refractivity contribution in [3.05, 3.63) is 59.7 Å². The Morgan fingerprint density at radius 2 is 1.86 bits per heavy atom. The van der Waals surface area contributed by atoms with Crippen LogP contribution in [0.25, 0.3) is 22.2 Å². The number of rotatable bonds is 6. The highest BCUT2D eigenvalue weighted by Gasteiger charge is 2.22. The summed E-state index contributed by atoms with van der Waals surface area (Å²) < 4.78 is 23.4. The molecule has 1 amide bonds. The van der Waals surface area contributed by atoms with Crippen molar-refractivity contribution in [2.45, 2.75) is 34.2 Å². The first-order valence-electron chi connectivity index (χ1n) is 11.2. The van der Waals surface area contributed by atoms with Crippen LogP contribution in [0.1, 0.15) is 53.2 Å². The first-order valence-corrected chi connectivity index (χ1v) is 11.2. The molecule has 0 aliphatic carbocycles.